The second-order valence-electron chi connectivity index (χ2n) is 5.84. The van der Waals surface area contributed by atoms with Crippen molar-refractivity contribution in [3.05, 3.63) is 24.3 Å². The van der Waals surface area contributed by atoms with E-state index in [1.165, 1.54) is 12.8 Å². The Labute approximate surface area is 127 Å². The second-order valence-corrected chi connectivity index (χ2v) is 5.84. The number of ether oxygens (including phenoxy) is 1. The van der Waals surface area contributed by atoms with Crippen LogP contribution in [-0.4, -0.2) is 25.1 Å². The van der Waals surface area contributed by atoms with Crippen molar-refractivity contribution in [2.24, 2.45) is 5.92 Å². The maximum absolute atomic E-state index is 11.9. The van der Waals surface area contributed by atoms with Gasteiger partial charge in [0.05, 0.1) is 13.2 Å². The average molecular weight is 290 g/mol. The number of carbonyl (C=O) groups excluding carboxylic acids is 1. The van der Waals surface area contributed by atoms with Crippen LogP contribution in [0.4, 0.5) is 5.69 Å². The highest BCUT2D eigenvalue weighted by atomic mass is 16.5. The molecule has 1 saturated carbocycles. The molecule has 0 aliphatic heterocycles. The third kappa shape index (κ3) is 5.29. The van der Waals surface area contributed by atoms with E-state index >= 15 is 0 Å². The van der Waals surface area contributed by atoms with E-state index in [0.717, 1.165) is 30.2 Å². The molecular formula is C17H26N2O2. The van der Waals surface area contributed by atoms with Gasteiger partial charge in [0.25, 0.3) is 0 Å². The quantitative estimate of drug-likeness (QED) is 0.846. The summed E-state index contributed by atoms with van der Waals surface area (Å²) in [5.41, 5.74) is 0.936. The summed E-state index contributed by atoms with van der Waals surface area (Å²) < 4.78 is 5.39. The first-order valence-electron chi connectivity index (χ1n) is 7.93. The Morgan fingerprint density at radius 2 is 1.86 bits per heavy atom. The molecule has 4 heteroatoms. The van der Waals surface area contributed by atoms with Crippen molar-refractivity contribution in [2.75, 3.05) is 18.5 Å². The highest BCUT2D eigenvalue weighted by Gasteiger charge is 2.19. The van der Waals surface area contributed by atoms with E-state index in [-0.39, 0.29) is 5.91 Å². The summed E-state index contributed by atoms with van der Waals surface area (Å²) in [6, 6.07) is 8.04. The predicted molar refractivity (Wildman–Crippen MR) is 85.7 cm³/mol. The first-order valence-corrected chi connectivity index (χ1v) is 7.93. The van der Waals surface area contributed by atoms with Crippen molar-refractivity contribution < 1.29 is 9.53 Å². The summed E-state index contributed by atoms with van der Waals surface area (Å²) in [7, 11) is 0. The molecule has 0 saturated heterocycles. The summed E-state index contributed by atoms with van der Waals surface area (Å²) >= 11 is 0. The van der Waals surface area contributed by atoms with Crippen LogP contribution in [0.2, 0.25) is 0 Å². The van der Waals surface area contributed by atoms with Gasteiger partial charge in [-0.2, -0.15) is 0 Å². The lowest BCUT2D eigenvalue weighted by atomic mass is 9.87. The molecule has 0 atom stereocenters. The van der Waals surface area contributed by atoms with Crippen LogP contribution in [0.1, 0.15) is 39.5 Å². The summed E-state index contributed by atoms with van der Waals surface area (Å²) in [6.45, 7) is 5.23. The summed E-state index contributed by atoms with van der Waals surface area (Å²) in [5.74, 6) is 1.73. The van der Waals surface area contributed by atoms with Gasteiger partial charge < -0.3 is 15.4 Å². The molecule has 1 amide bonds. The number of carbonyl (C=O) groups is 1. The van der Waals surface area contributed by atoms with Gasteiger partial charge in [-0.3, -0.25) is 4.79 Å². The van der Waals surface area contributed by atoms with E-state index in [2.05, 4.69) is 17.6 Å². The highest BCUT2D eigenvalue weighted by molar-refractivity contribution is 5.81. The standard InChI is InChI=1S/C17H26N2O2/c1-3-21-16-10-8-14(9-11-16)18-12-17(20)19-15-6-4-13(2)5-7-15/h8-11,13,15,18H,3-7,12H2,1-2H3,(H,19,20). The smallest absolute Gasteiger partial charge is 0.239 e. The van der Waals surface area contributed by atoms with Crippen LogP contribution in [0.15, 0.2) is 24.3 Å². The van der Waals surface area contributed by atoms with Gasteiger partial charge in [-0.15, -0.1) is 0 Å². The van der Waals surface area contributed by atoms with Gasteiger partial charge in [-0.25, -0.2) is 0 Å². The Morgan fingerprint density at radius 1 is 1.19 bits per heavy atom. The molecule has 1 aromatic carbocycles. The number of hydrogen-bond donors (Lipinski definition) is 2. The van der Waals surface area contributed by atoms with Crippen LogP contribution < -0.4 is 15.4 Å². The molecule has 2 rings (SSSR count). The first kappa shape index (κ1) is 15.7. The van der Waals surface area contributed by atoms with E-state index in [0.29, 0.717) is 19.2 Å². The Bertz CT molecular complexity index is 437. The fraction of sp³-hybridized carbons (Fsp3) is 0.588. The van der Waals surface area contributed by atoms with Gasteiger partial charge in [0, 0.05) is 11.7 Å². The molecule has 0 aromatic heterocycles. The maximum Gasteiger partial charge on any atom is 0.239 e. The Kier molecular flexibility index (Phi) is 5.90. The van der Waals surface area contributed by atoms with Crippen LogP contribution in [0.5, 0.6) is 5.75 Å². The fourth-order valence-corrected chi connectivity index (χ4v) is 2.70. The first-order chi connectivity index (χ1) is 10.2. The third-order valence-corrected chi connectivity index (χ3v) is 4.00. The Balaban J connectivity index is 1.71. The van der Waals surface area contributed by atoms with Crippen molar-refractivity contribution >= 4 is 11.6 Å². The Hall–Kier alpha value is -1.71. The summed E-state index contributed by atoms with van der Waals surface area (Å²) in [6.07, 6.45) is 4.65. The van der Waals surface area contributed by atoms with Gasteiger partial charge in [-0.1, -0.05) is 6.92 Å². The zero-order chi connectivity index (χ0) is 15.1. The number of hydrogen-bond acceptors (Lipinski definition) is 3. The van der Waals surface area contributed by atoms with Crippen LogP contribution in [0, 0.1) is 5.92 Å². The molecule has 0 bridgehead atoms. The lowest BCUT2D eigenvalue weighted by Crippen LogP contribution is -2.40. The van der Waals surface area contributed by atoms with Crippen molar-refractivity contribution in [1.82, 2.24) is 5.32 Å². The van der Waals surface area contributed by atoms with E-state index in [1.807, 2.05) is 31.2 Å². The molecule has 1 aromatic rings. The third-order valence-electron chi connectivity index (χ3n) is 4.00. The van der Waals surface area contributed by atoms with Crippen LogP contribution in [0.3, 0.4) is 0 Å². The highest BCUT2D eigenvalue weighted by Crippen LogP contribution is 2.23. The molecule has 0 unspecified atom stereocenters. The Morgan fingerprint density at radius 3 is 2.48 bits per heavy atom. The zero-order valence-electron chi connectivity index (χ0n) is 13.0. The zero-order valence-corrected chi connectivity index (χ0v) is 13.0. The number of benzene rings is 1. The van der Waals surface area contributed by atoms with Crippen molar-refractivity contribution in [2.45, 2.75) is 45.6 Å². The lowest BCUT2D eigenvalue weighted by Gasteiger charge is -2.27. The fourth-order valence-electron chi connectivity index (χ4n) is 2.70. The predicted octanol–water partition coefficient (Wildman–Crippen LogP) is 3.19. The molecule has 0 spiro atoms. The molecule has 4 nitrogen and oxygen atoms in total. The van der Waals surface area contributed by atoms with Crippen LogP contribution in [-0.2, 0) is 4.79 Å². The maximum atomic E-state index is 11.9. The molecule has 1 aliphatic carbocycles. The lowest BCUT2D eigenvalue weighted by molar-refractivity contribution is -0.120. The molecular weight excluding hydrogens is 264 g/mol. The van der Waals surface area contributed by atoms with E-state index in [1.54, 1.807) is 0 Å². The second kappa shape index (κ2) is 7.91. The summed E-state index contributed by atoms with van der Waals surface area (Å²) in [4.78, 5) is 11.9. The van der Waals surface area contributed by atoms with E-state index in [4.69, 9.17) is 4.74 Å². The van der Waals surface area contributed by atoms with Crippen molar-refractivity contribution in [3.8, 4) is 5.75 Å². The van der Waals surface area contributed by atoms with Gasteiger partial charge in [-0.05, 0) is 62.8 Å². The topological polar surface area (TPSA) is 50.4 Å². The average Bonchev–Trinajstić information content (AvgIpc) is 2.49. The van der Waals surface area contributed by atoms with Gasteiger partial charge in [0.2, 0.25) is 5.91 Å². The molecule has 1 fully saturated rings. The molecule has 0 radical (unpaired) electrons. The SMILES string of the molecule is CCOc1ccc(NCC(=O)NC2CCC(C)CC2)cc1. The van der Waals surface area contributed by atoms with Crippen molar-refractivity contribution in [3.63, 3.8) is 0 Å². The minimum atomic E-state index is 0.0726. The molecule has 1 aliphatic rings. The van der Waals surface area contributed by atoms with Crippen LogP contribution >= 0.6 is 0 Å². The minimum absolute atomic E-state index is 0.0726. The van der Waals surface area contributed by atoms with Gasteiger partial charge in [0.1, 0.15) is 5.75 Å². The largest absolute Gasteiger partial charge is 0.494 e. The van der Waals surface area contributed by atoms with Crippen molar-refractivity contribution in [1.29, 1.82) is 0 Å². The number of amides is 1. The van der Waals surface area contributed by atoms with E-state index in [9.17, 15) is 4.79 Å². The van der Waals surface area contributed by atoms with Gasteiger partial charge >= 0.3 is 0 Å². The van der Waals surface area contributed by atoms with E-state index < -0.39 is 0 Å². The normalized spacial score (nSPS) is 21.6. The van der Waals surface area contributed by atoms with Gasteiger partial charge in [0.15, 0.2) is 0 Å². The molecule has 116 valence electrons. The number of rotatable bonds is 6. The molecule has 0 heterocycles. The van der Waals surface area contributed by atoms with Crippen LogP contribution in [0.25, 0.3) is 0 Å². The summed E-state index contributed by atoms with van der Waals surface area (Å²) in [5, 5.41) is 6.26. The monoisotopic (exact) mass is 290 g/mol. The number of anilines is 1. The minimum Gasteiger partial charge on any atom is -0.494 e. The molecule has 21 heavy (non-hydrogen) atoms. The molecule has 2 N–H and O–H groups in total. The number of nitrogens with one attached hydrogen (secondary N) is 2.